The largest absolute Gasteiger partial charge is 0.375 e. The van der Waals surface area contributed by atoms with Gasteiger partial charge in [-0.15, -0.1) is 0 Å². The number of rotatable bonds is 2. The Bertz CT molecular complexity index is 279. The van der Waals surface area contributed by atoms with Gasteiger partial charge in [0.2, 0.25) is 0 Å². The van der Waals surface area contributed by atoms with E-state index in [0.29, 0.717) is 5.60 Å². The number of nitrogens with one attached hydrogen (secondary N) is 1. The van der Waals surface area contributed by atoms with Crippen molar-refractivity contribution in [1.29, 1.82) is 0 Å². The Morgan fingerprint density at radius 2 is 2.00 bits per heavy atom. The van der Waals surface area contributed by atoms with E-state index in [-0.39, 0.29) is 0 Å². The van der Waals surface area contributed by atoms with Crippen LogP contribution in [0.5, 0.6) is 0 Å². The van der Waals surface area contributed by atoms with E-state index in [1.54, 1.807) is 0 Å². The van der Waals surface area contributed by atoms with Gasteiger partial charge in [-0.1, -0.05) is 26.2 Å². The molecule has 3 fully saturated rings. The highest BCUT2D eigenvalue weighted by Crippen LogP contribution is 2.43. The first kappa shape index (κ1) is 13.9. The molecule has 1 saturated carbocycles. The summed E-state index contributed by atoms with van der Waals surface area (Å²) >= 11 is 0. The molecule has 0 aromatic carbocycles. The Labute approximate surface area is 118 Å². The molecule has 0 aromatic heterocycles. The molecular formula is C17H31NO. The van der Waals surface area contributed by atoms with E-state index >= 15 is 0 Å². The molecule has 110 valence electrons. The van der Waals surface area contributed by atoms with E-state index in [9.17, 15) is 0 Å². The Morgan fingerprint density at radius 1 is 1.16 bits per heavy atom. The van der Waals surface area contributed by atoms with Gasteiger partial charge < -0.3 is 10.1 Å². The zero-order valence-corrected chi connectivity index (χ0v) is 12.6. The smallest absolute Gasteiger partial charge is 0.0685 e. The standard InChI is InChI=1S/C17H31NO/c1-14-5-9-18-13-16(14)11-15-6-10-19-17(12-15)7-3-2-4-8-17/h14-16,18H,2-13H2,1H3. The van der Waals surface area contributed by atoms with E-state index < -0.39 is 0 Å². The third-order valence-corrected chi connectivity index (χ3v) is 5.98. The normalized spacial score (nSPS) is 39.3. The van der Waals surface area contributed by atoms with Crippen LogP contribution in [0, 0.1) is 17.8 Å². The Kier molecular flexibility index (Phi) is 4.48. The fourth-order valence-corrected chi connectivity index (χ4v) is 4.67. The second-order valence-corrected chi connectivity index (χ2v) is 7.42. The maximum absolute atomic E-state index is 6.24. The molecule has 19 heavy (non-hydrogen) atoms. The molecule has 1 N–H and O–H groups in total. The van der Waals surface area contributed by atoms with Crippen LogP contribution in [0.15, 0.2) is 0 Å². The lowest BCUT2D eigenvalue weighted by Gasteiger charge is -2.45. The molecule has 3 atom stereocenters. The first-order valence-corrected chi connectivity index (χ1v) is 8.62. The number of ether oxygens (including phenoxy) is 1. The minimum atomic E-state index is 0.298. The van der Waals surface area contributed by atoms with Gasteiger partial charge >= 0.3 is 0 Å². The van der Waals surface area contributed by atoms with Crippen molar-refractivity contribution in [3.8, 4) is 0 Å². The predicted molar refractivity (Wildman–Crippen MR) is 79.2 cm³/mol. The second-order valence-electron chi connectivity index (χ2n) is 7.42. The molecule has 2 saturated heterocycles. The number of hydrogen-bond acceptors (Lipinski definition) is 2. The summed E-state index contributed by atoms with van der Waals surface area (Å²) in [6.45, 7) is 5.97. The van der Waals surface area contributed by atoms with Crippen LogP contribution in [-0.2, 0) is 4.74 Å². The van der Waals surface area contributed by atoms with E-state index in [1.807, 2.05) is 0 Å². The van der Waals surface area contributed by atoms with Gasteiger partial charge in [-0.3, -0.25) is 0 Å². The van der Waals surface area contributed by atoms with Crippen LogP contribution < -0.4 is 5.32 Å². The molecule has 0 amide bonds. The van der Waals surface area contributed by atoms with Gasteiger partial charge in [0, 0.05) is 6.61 Å². The molecule has 0 radical (unpaired) electrons. The van der Waals surface area contributed by atoms with Crippen molar-refractivity contribution in [2.24, 2.45) is 17.8 Å². The van der Waals surface area contributed by atoms with Crippen LogP contribution >= 0.6 is 0 Å². The second kappa shape index (κ2) is 6.13. The highest BCUT2D eigenvalue weighted by molar-refractivity contribution is 4.91. The van der Waals surface area contributed by atoms with Crippen LogP contribution in [0.2, 0.25) is 0 Å². The maximum atomic E-state index is 6.24. The Hall–Kier alpha value is -0.0800. The predicted octanol–water partition coefficient (Wildman–Crippen LogP) is 3.75. The van der Waals surface area contributed by atoms with Gasteiger partial charge in [0.1, 0.15) is 0 Å². The van der Waals surface area contributed by atoms with Crippen LogP contribution in [-0.4, -0.2) is 25.3 Å². The average Bonchev–Trinajstić information content (AvgIpc) is 2.42. The van der Waals surface area contributed by atoms with Gasteiger partial charge in [-0.25, -0.2) is 0 Å². The fraction of sp³-hybridized carbons (Fsp3) is 1.00. The molecule has 1 aliphatic carbocycles. The summed E-state index contributed by atoms with van der Waals surface area (Å²) in [5, 5.41) is 3.59. The van der Waals surface area contributed by atoms with Crippen LogP contribution in [0.1, 0.15) is 64.7 Å². The number of hydrogen-bond donors (Lipinski definition) is 1. The quantitative estimate of drug-likeness (QED) is 0.821. The van der Waals surface area contributed by atoms with E-state index in [0.717, 1.165) is 24.4 Å². The maximum Gasteiger partial charge on any atom is 0.0685 e. The third-order valence-electron chi connectivity index (χ3n) is 5.98. The highest BCUT2D eigenvalue weighted by Gasteiger charge is 2.39. The molecular weight excluding hydrogens is 234 g/mol. The topological polar surface area (TPSA) is 21.3 Å². The summed E-state index contributed by atoms with van der Waals surface area (Å²) in [6, 6.07) is 0. The van der Waals surface area contributed by atoms with Gasteiger partial charge in [-0.2, -0.15) is 0 Å². The van der Waals surface area contributed by atoms with E-state index in [4.69, 9.17) is 4.74 Å². The van der Waals surface area contributed by atoms with Crippen LogP contribution in [0.3, 0.4) is 0 Å². The van der Waals surface area contributed by atoms with Gasteiger partial charge in [0.25, 0.3) is 0 Å². The molecule has 2 heterocycles. The average molecular weight is 265 g/mol. The molecule has 2 aliphatic heterocycles. The Balaban J connectivity index is 1.55. The van der Waals surface area contributed by atoms with Crippen molar-refractivity contribution in [3.05, 3.63) is 0 Å². The fourth-order valence-electron chi connectivity index (χ4n) is 4.67. The van der Waals surface area contributed by atoms with Crippen LogP contribution in [0.4, 0.5) is 0 Å². The van der Waals surface area contributed by atoms with Gasteiger partial charge in [0.15, 0.2) is 0 Å². The SMILES string of the molecule is CC1CCNCC1CC1CCOC2(CCCCC2)C1. The molecule has 1 spiro atoms. The summed E-state index contributed by atoms with van der Waals surface area (Å²) in [6.07, 6.45) is 12.4. The van der Waals surface area contributed by atoms with Crippen molar-refractivity contribution in [1.82, 2.24) is 5.32 Å². The molecule has 3 aliphatic rings. The van der Waals surface area contributed by atoms with Crippen molar-refractivity contribution < 1.29 is 4.74 Å². The first-order chi connectivity index (χ1) is 9.27. The summed E-state index contributed by atoms with van der Waals surface area (Å²) in [4.78, 5) is 0. The molecule has 2 nitrogen and oxygen atoms in total. The molecule has 2 heteroatoms. The molecule has 0 aromatic rings. The zero-order chi connectivity index (χ0) is 13.1. The van der Waals surface area contributed by atoms with Crippen molar-refractivity contribution >= 4 is 0 Å². The minimum absolute atomic E-state index is 0.298. The van der Waals surface area contributed by atoms with Crippen molar-refractivity contribution in [2.45, 2.75) is 70.3 Å². The van der Waals surface area contributed by atoms with Crippen molar-refractivity contribution in [3.63, 3.8) is 0 Å². The van der Waals surface area contributed by atoms with Gasteiger partial charge in [0.05, 0.1) is 5.60 Å². The summed E-state index contributed by atoms with van der Waals surface area (Å²) < 4.78 is 6.24. The molecule has 0 bridgehead atoms. The minimum Gasteiger partial charge on any atom is -0.375 e. The molecule has 3 unspecified atom stereocenters. The summed E-state index contributed by atoms with van der Waals surface area (Å²) in [5.41, 5.74) is 0.298. The zero-order valence-electron chi connectivity index (χ0n) is 12.6. The van der Waals surface area contributed by atoms with E-state index in [2.05, 4.69) is 12.2 Å². The lowest BCUT2D eigenvalue weighted by atomic mass is 9.72. The highest BCUT2D eigenvalue weighted by atomic mass is 16.5. The first-order valence-electron chi connectivity index (χ1n) is 8.62. The third kappa shape index (κ3) is 3.33. The summed E-state index contributed by atoms with van der Waals surface area (Å²) in [5.74, 6) is 2.77. The molecule has 3 rings (SSSR count). The van der Waals surface area contributed by atoms with E-state index in [1.165, 1.54) is 70.9 Å². The van der Waals surface area contributed by atoms with Crippen molar-refractivity contribution in [2.75, 3.05) is 19.7 Å². The van der Waals surface area contributed by atoms with Crippen LogP contribution in [0.25, 0.3) is 0 Å². The van der Waals surface area contributed by atoms with Gasteiger partial charge in [-0.05, 0) is 69.4 Å². The number of piperidine rings is 1. The summed E-state index contributed by atoms with van der Waals surface area (Å²) in [7, 11) is 0. The lowest BCUT2D eigenvalue weighted by Crippen LogP contribution is -2.43. The lowest BCUT2D eigenvalue weighted by molar-refractivity contribution is -0.120. The monoisotopic (exact) mass is 265 g/mol. The Morgan fingerprint density at radius 3 is 2.79 bits per heavy atom.